The summed E-state index contributed by atoms with van der Waals surface area (Å²) in [6, 6.07) is 0. The predicted molar refractivity (Wildman–Crippen MR) is 113 cm³/mol. The first-order valence-electron chi connectivity index (χ1n) is 6.65. The van der Waals surface area contributed by atoms with Crippen molar-refractivity contribution in [3.05, 3.63) is 8.61 Å². The van der Waals surface area contributed by atoms with Crippen LogP contribution in [0, 0.1) is 0 Å². The molecule has 0 aromatic carbocycles. The highest BCUT2D eigenvalue weighted by Gasteiger charge is 2.39. The molecule has 0 saturated heterocycles. The zero-order chi connectivity index (χ0) is 14.5. The summed E-state index contributed by atoms with van der Waals surface area (Å²) in [4.78, 5) is 11.7. The molecule has 1 N–H and O–H groups in total. The first kappa shape index (κ1) is 20.7. The van der Waals surface area contributed by atoms with E-state index in [0.717, 1.165) is 29.2 Å². The van der Waals surface area contributed by atoms with Gasteiger partial charge in [0.2, 0.25) is 0 Å². The Kier molecular flexibility index (Phi) is 6.87. The number of thioether (sulfide) groups is 2. The third-order valence-corrected chi connectivity index (χ3v) is 6.43. The van der Waals surface area contributed by atoms with Crippen LogP contribution in [0.3, 0.4) is 0 Å². The van der Waals surface area contributed by atoms with Crippen molar-refractivity contribution in [1.82, 2.24) is 10.2 Å². The van der Waals surface area contributed by atoms with E-state index in [1.807, 2.05) is 0 Å². The topological polar surface area (TPSA) is 40.0 Å². The van der Waals surface area contributed by atoms with Crippen molar-refractivity contribution in [2.24, 2.45) is 9.98 Å². The van der Waals surface area contributed by atoms with Crippen LogP contribution in [0.2, 0.25) is 0 Å². The Labute approximate surface area is 166 Å². The SMILES string of the molecule is CC1(C)CN2C(=N1)SC(I)=C2CSC1=NCC(C)(C)N1.Cl.Cl. The normalized spacial score (nSPS) is 24.1. The van der Waals surface area contributed by atoms with Crippen LogP contribution in [-0.4, -0.2) is 45.2 Å². The van der Waals surface area contributed by atoms with Gasteiger partial charge in [-0.3, -0.25) is 9.98 Å². The Morgan fingerprint density at radius 1 is 1.32 bits per heavy atom. The van der Waals surface area contributed by atoms with Gasteiger partial charge in [-0.15, -0.1) is 24.8 Å². The monoisotopic (exact) mass is 494 g/mol. The fourth-order valence-electron chi connectivity index (χ4n) is 2.33. The molecular formula is C13H21Cl2IN4S2. The van der Waals surface area contributed by atoms with Crippen LogP contribution < -0.4 is 5.32 Å². The highest BCUT2D eigenvalue weighted by atomic mass is 127. The predicted octanol–water partition coefficient (Wildman–Crippen LogP) is 4.10. The van der Waals surface area contributed by atoms with E-state index >= 15 is 0 Å². The van der Waals surface area contributed by atoms with E-state index in [9.17, 15) is 0 Å². The van der Waals surface area contributed by atoms with Gasteiger partial charge in [-0.1, -0.05) is 11.8 Å². The highest BCUT2D eigenvalue weighted by Crippen LogP contribution is 2.44. The fourth-order valence-corrected chi connectivity index (χ4v) is 5.87. The van der Waals surface area contributed by atoms with E-state index in [2.05, 4.69) is 65.5 Å². The molecule has 126 valence electrons. The Bertz CT molecular complexity index is 546. The number of fused-ring (bicyclic) bond motifs is 1. The lowest BCUT2D eigenvalue weighted by molar-refractivity contribution is 0.436. The number of rotatable bonds is 2. The minimum Gasteiger partial charge on any atom is -0.358 e. The van der Waals surface area contributed by atoms with Crippen LogP contribution >= 0.6 is 70.9 Å². The van der Waals surface area contributed by atoms with E-state index in [1.165, 1.54) is 8.61 Å². The largest absolute Gasteiger partial charge is 0.358 e. The Morgan fingerprint density at radius 3 is 2.59 bits per heavy atom. The van der Waals surface area contributed by atoms with Gasteiger partial charge >= 0.3 is 0 Å². The van der Waals surface area contributed by atoms with Gasteiger partial charge in [-0.2, -0.15) is 0 Å². The molecule has 0 atom stereocenters. The molecule has 3 aliphatic heterocycles. The molecule has 0 bridgehead atoms. The molecule has 3 rings (SSSR count). The zero-order valence-electron chi connectivity index (χ0n) is 13.0. The maximum Gasteiger partial charge on any atom is 0.169 e. The van der Waals surface area contributed by atoms with Gasteiger partial charge in [-0.05, 0) is 62.0 Å². The third-order valence-electron chi connectivity index (χ3n) is 3.32. The van der Waals surface area contributed by atoms with Crippen LogP contribution in [0.15, 0.2) is 18.6 Å². The third kappa shape index (κ3) is 4.40. The molecule has 0 aromatic rings. The molecule has 0 saturated carbocycles. The smallest absolute Gasteiger partial charge is 0.169 e. The lowest BCUT2D eigenvalue weighted by Gasteiger charge is -2.21. The number of hydrogen-bond donors (Lipinski definition) is 1. The Hall–Kier alpha value is 0.690. The van der Waals surface area contributed by atoms with Gasteiger partial charge in [-0.25, -0.2) is 0 Å². The first-order valence-corrected chi connectivity index (χ1v) is 9.53. The van der Waals surface area contributed by atoms with Crippen molar-refractivity contribution in [2.75, 3.05) is 18.8 Å². The summed E-state index contributed by atoms with van der Waals surface area (Å²) in [5.74, 6) is 0.961. The lowest BCUT2D eigenvalue weighted by Crippen LogP contribution is -2.38. The quantitative estimate of drug-likeness (QED) is 0.586. The fraction of sp³-hybridized carbons (Fsp3) is 0.692. The number of aliphatic imine (C=N–C) groups is 2. The van der Waals surface area contributed by atoms with Crippen molar-refractivity contribution in [1.29, 1.82) is 0 Å². The van der Waals surface area contributed by atoms with Crippen LogP contribution in [-0.2, 0) is 0 Å². The highest BCUT2D eigenvalue weighted by molar-refractivity contribution is 14.1. The van der Waals surface area contributed by atoms with Crippen molar-refractivity contribution in [2.45, 2.75) is 38.8 Å². The van der Waals surface area contributed by atoms with Gasteiger partial charge in [0.25, 0.3) is 0 Å². The second-order valence-corrected chi connectivity index (χ2v) is 10.3. The van der Waals surface area contributed by atoms with Gasteiger partial charge in [0, 0.05) is 12.3 Å². The summed E-state index contributed by atoms with van der Waals surface area (Å²) in [5, 5.41) is 5.71. The average molecular weight is 495 g/mol. The van der Waals surface area contributed by atoms with Crippen LogP contribution in [0.25, 0.3) is 0 Å². The summed E-state index contributed by atoms with van der Waals surface area (Å²) < 4.78 is 1.35. The standard InChI is InChI=1S/C13H19IN4S2.2ClH/c1-12(2)6-15-10(16-12)19-5-8-9(14)20-11-17-13(3,4)7-18(8)11;;/h5-7H2,1-4H3,(H,15,16);2*1H. The second kappa shape index (κ2) is 7.29. The van der Waals surface area contributed by atoms with Crippen LogP contribution in [0.5, 0.6) is 0 Å². The maximum absolute atomic E-state index is 4.79. The van der Waals surface area contributed by atoms with Crippen LogP contribution in [0.1, 0.15) is 27.7 Å². The summed E-state index contributed by atoms with van der Waals surface area (Å²) in [6.07, 6.45) is 0. The van der Waals surface area contributed by atoms with Gasteiger partial charge in [0.05, 0.1) is 26.2 Å². The van der Waals surface area contributed by atoms with E-state index in [1.54, 1.807) is 23.5 Å². The molecule has 3 aliphatic rings. The zero-order valence-corrected chi connectivity index (χ0v) is 18.4. The molecule has 9 heteroatoms. The Balaban J connectivity index is 0.00000121. The minimum absolute atomic E-state index is 0. The number of nitrogens with one attached hydrogen (secondary N) is 1. The maximum atomic E-state index is 4.79. The van der Waals surface area contributed by atoms with E-state index in [0.29, 0.717) is 0 Å². The number of hydrogen-bond acceptors (Lipinski definition) is 6. The molecule has 22 heavy (non-hydrogen) atoms. The molecule has 0 radical (unpaired) electrons. The van der Waals surface area contributed by atoms with Gasteiger partial charge in [0.15, 0.2) is 10.3 Å². The number of amidine groups is 2. The molecule has 0 unspecified atom stereocenters. The van der Waals surface area contributed by atoms with Gasteiger partial charge < -0.3 is 10.2 Å². The average Bonchev–Trinajstić information content (AvgIpc) is 2.87. The molecule has 4 nitrogen and oxygen atoms in total. The van der Waals surface area contributed by atoms with E-state index in [-0.39, 0.29) is 35.9 Å². The van der Waals surface area contributed by atoms with Gasteiger partial charge in [0.1, 0.15) is 0 Å². The van der Waals surface area contributed by atoms with Crippen molar-refractivity contribution >= 4 is 81.3 Å². The summed E-state index contributed by atoms with van der Waals surface area (Å²) in [7, 11) is 0. The summed E-state index contributed by atoms with van der Waals surface area (Å²) in [6.45, 7) is 10.6. The molecular weight excluding hydrogens is 474 g/mol. The molecule has 0 fully saturated rings. The number of nitrogens with zero attached hydrogens (tertiary/aromatic N) is 3. The molecule has 3 heterocycles. The molecule has 0 spiro atoms. The van der Waals surface area contributed by atoms with Crippen molar-refractivity contribution in [3.8, 4) is 0 Å². The molecule has 0 aliphatic carbocycles. The van der Waals surface area contributed by atoms with E-state index < -0.39 is 0 Å². The second-order valence-electron chi connectivity index (χ2n) is 6.53. The molecule has 0 amide bonds. The Morgan fingerprint density at radius 2 is 2.00 bits per heavy atom. The van der Waals surface area contributed by atoms with Crippen LogP contribution in [0.4, 0.5) is 0 Å². The number of halogens is 3. The first-order chi connectivity index (χ1) is 9.26. The summed E-state index contributed by atoms with van der Waals surface area (Å²) >= 11 is 6.03. The van der Waals surface area contributed by atoms with Crippen molar-refractivity contribution in [3.63, 3.8) is 0 Å². The molecule has 0 aromatic heterocycles. The minimum atomic E-state index is 0. The summed E-state index contributed by atoms with van der Waals surface area (Å²) in [5.41, 5.74) is 1.54. The van der Waals surface area contributed by atoms with E-state index in [4.69, 9.17) is 4.99 Å². The van der Waals surface area contributed by atoms with Crippen molar-refractivity contribution < 1.29 is 0 Å². The lowest BCUT2D eigenvalue weighted by atomic mass is 10.1.